The summed E-state index contributed by atoms with van der Waals surface area (Å²) in [5.41, 5.74) is 12.7. The summed E-state index contributed by atoms with van der Waals surface area (Å²) in [6, 6.07) is 16.4. The van der Waals surface area contributed by atoms with Gasteiger partial charge >= 0.3 is 0 Å². The molecule has 0 aliphatic carbocycles. The zero-order chi connectivity index (χ0) is 30.8. The molecule has 0 bridgehead atoms. The minimum atomic E-state index is -0.140. The molecule has 5 aromatic rings. The molecule has 0 unspecified atom stereocenters. The van der Waals surface area contributed by atoms with Crippen LogP contribution in [0.15, 0.2) is 72.6 Å². The van der Waals surface area contributed by atoms with E-state index in [9.17, 15) is 4.79 Å². The van der Waals surface area contributed by atoms with E-state index >= 15 is 0 Å². The number of nitrogens with zero attached hydrogens (tertiary/aromatic N) is 6. The standard InChI is InChI=1S/C34H39N9O/c1-21(2)17-30(44)39-26-9-10-28-23(18-26)11-14-36-31(28)27-8-6-5-7-24(27)19-37-33-41-34(42-15-12-25(35)13-16-42)40-32-29(22(3)4)20-38-43(32)33/h5-11,14,17-18,20,22,25H,12-13,15-16,19,35H2,1-4H3,(H,39,44)(H,37,40,41). The summed E-state index contributed by atoms with van der Waals surface area (Å²) in [5.74, 6) is 1.48. The number of anilines is 3. The molecular formula is C34H39N9O. The first kappa shape index (κ1) is 29.3. The Hall–Kier alpha value is -4.83. The molecule has 10 heteroatoms. The number of rotatable bonds is 8. The lowest BCUT2D eigenvalue weighted by atomic mass is 9.99. The van der Waals surface area contributed by atoms with Crippen molar-refractivity contribution in [3.63, 3.8) is 0 Å². The molecule has 1 aliphatic rings. The van der Waals surface area contributed by atoms with Crippen LogP contribution in [0.4, 0.5) is 17.6 Å². The normalized spacial score (nSPS) is 13.9. The van der Waals surface area contributed by atoms with Crippen LogP contribution in [0.1, 0.15) is 57.6 Å². The quantitative estimate of drug-likeness (QED) is 0.191. The molecule has 226 valence electrons. The van der Waals surface area contributed by atoms with Gasteiger partial charge in [-0.3, -0.25) is 9.78 Å². The maximum Gasteiger partial charge on any atom is 0.248 e. The van der Waals surface area contributed by atoms with Crippen molar-refractivity contribution < 1.29 is 4.79 Å². The third-order valence-corrected chi connectivity index (χ3v) is 7.99. The van der Waals surface area contributed by atoms with Gasteiger partial charge in [0.1, 0.15) is 0 Å². The van der Waals surface area contributed by atoms with E-state index in [1.165, 1.54) is 0 Å². The fourth-order valence-corrected chi connectivity index (χ4v) is 5.64. The number of carbonyl (C=O) groups excluding carboxylic acids is 1. The second kappa shape index (κ2) is 12.4. The molecule has 4 heterocycles. The van der Waals surface area contributed by atoms with E-state index in [1.807, 2.05) is 62.6 Å². The van der Waals surface area contributed by atoms with Crippen LogP contribution in [-0.2, 0) is 11.3 Å². The molecule has 0 radical (unpaired) electrons. The lowest BCUT2D eigenvalue weighted by Gasteiger charge is -2.30. The highest BCUT2D eigenvalue weighted by atomic mass is 16.1. The minimum Gasteiger partial charge on any atom is -0.350 e. The van der Waals surface area contributed by atoms with Crippen molar-refractivity contribution in [3.05, 3.63) is 83.7 Å². The Morgan fingerprint density at radius 1 is 1.09 bits per heavy atom. The fraction of sp³-hybridized carbons (Fsp3) is 0.324. The first-order chi connectivity index (χ1) is 21.3. The van der Waals surface area contributed by atoms with E-state index in [0.717, 1.165) is 76.0 Å². The van der Waals surface area contributed by atoms with Gasteiger partial charge in [0.25, 0.3) is 0 Å². The summed E-state index contributed by atoms with van der Waals surface area (Å²) in [6.45, 7) is 10.3. The van der Waals surface area contributed by atoms with Gasteiger partial charge in [-0.1, -0.05) is 49.8 Å². The Kier molecular flexibility index (Phi) is 8.25. The summed E-state index contributed by atoms with van der Waals surface area (Å²) in [7, 11) is 0. The molecular weight excluding hydrogens is 550 g/mol. The topological polar surface area (TPSA) is 126 Å². The highest BCUT2D eigenvalue weighted by molar-refractivity contribution is 6.02. The molecule has 6 rings (SSSR count). The van der Waals surface area contributed by atoms with Crippen LogP contribution in [0, 0.1) is 0 Å². The number of allylic oxidation sites excluding steroid dienone is 1. The van der Waals surface area contributed by atoms with E-state index in [1.54, 1.807) is 10.6 Å². The van der Waals surface area contributed by atoms with Crippen molar-refractivity contribution in [1.82, 2.24) is 24.6 Å². The van der Waals surface area contributed by atoms with Crippen molar-refractivity contribution in [2.45, 2.75) is 59.0 Å². The average Bonchev–Trinajstić information content (AvgIpc) is 3.44. The van der Waals surface area contributed by atoms with Gasteiger partial charge in [-0.2, -0.15) is 19.6 Å². The predicted octanol–water partition coefficient (Wildman–Crippen LogP) is 5.91. The Morgan fingerprint density at radius 2 is 1.89 bits per heavy atom. The van der Waals surface area contributed by atoms with E-state index < -0.39 is 0 Å². The lowest BCUT2D eigenvalue weighted by molar-refractivity contribution is -0.111. The van der Waals surface area contributed by atoms with Crippen molar-refractivity contribution in [2.75, 3.05) is 28.6 Å². The summed E-state index contributed by atoms with van der Waals surface area (Å²) >= 11 is 0. The lowest BCUT2D eigenvalue weighted by Crippen LogP contribution is -2.40. The Balaban J connectivity index is 1.32. The molecule has 0 spiro atoms. The van der Waals surface area contributed by atoms with E-state index in [4.69, 9.17) is 20.7 Å². The van der Waals surface area contributed by atoms with Crippen LogP contribution in [0.25, 0.3) is 27.7 Å². The van der Waals surface area contributed by atoms with E-state index in [-0.39, 0.29) is 17.9 Å². The SMILES string of the molecule is CC(C)=CC(=O)Nc1ccc2c(-c3ccccc3CNc3nc(N4CCC(N)CC4)nc4c(C(C)C)cnn34)nccc2c1. The molecule has 1 fully saturated rings. The third kappa shape index (κ3) is 6.12. The number of pyridine rings is 1. The largest absolute Gasteiger partial charge is 0.350 e. The van der Waals surface area contributed by atoms with Crippen LogP contribution in [0.5, 0.6) is 0 Å². The van der Waals surface area contributed by atoms with Gasteiger partial charge < -0.3 is 21.3 Å². The first-order valence-corrected chi connectivity index (χ1v) is 15.2. The summed E-state index contributed by atoms with van der Waals surface area (Å²) in [5, 5.41) is 13.2. The Morgan fingerprint density at radius 3 is 2.66 bits per heavy atom. The summed E-state index contributed by atoms with van der Waals surface area (Å²) in [4.78, 5) is 29.2. The molecule has 44 heavy (non-hydrogen) atoms. The van der Waals surface area contributed by atoms with E-state index in [0.29, 0.717) is 18.4 Å². The molecule has 1 saturated heterocycles. The molecule has 10 nitrogen and oxygen atoms in total. The number of benzene rings is 2. The minimum absolute atomic E-state index is 0.140. The molecule has 1 amide bonds. The molecule has 2 aromatic carbocycles. The molecule has 1 aliphatic heterocycles. The maximum atomic E-state index is 12.3. The highest BCUT2D eigenvalue weighted by Gasteiger charge is 2.22. The second-order valence-electron chi connectivity index (χ2n) is 12.0. The summed E-state index contributed by atoms with van der Waals surface area (Å²) < 4.78 is 1.80. The number of carbonyl (C=O) groups is 1. The third-order valence-electron chi connectivity index (χ3n) is 7.99. The van der Waals surface area contributed by atoms with Gasteiger partial charge in [0.2, 0.25) is 17.8 Å². The van der Waals surface area contributed by atoms with Gasteiger partial charge in [0.05, 0.1) is 11.9 Å². The number of nitrogens with one attached hydrogen (secondary N) is 2. The first-order valence-electron chi connectivity index (χ1n) is 15.2. The van der Waals surface area contributed by atoms with E-state index in [2.05, 4.69) is 46.6 Å². The predicted molar refractivity (Wildman–Crippen MR) is 177 cm³/mol. The zero-order valence-electron chi connectivity index (χ0n) is 25.7. The number of fused-ring (bicyclic) bond motifs is 2. The second-order valence-corrected chi connectivity index (χ2v) is 12.0. The smallest absolute Gasteiger partial charge is 0.248 e. The average molecular weight is 590 g/mol. The van der Waals surface area contributed by atoms with Gasteiger partial charge in [-0.15, -0.1) is 0 Å². The van der Waals surface area contributed by atoms with Crippen molar-refractivity contribution in [1.29, 1.82) is 0 Å². The monoisotopic (exact) mass is 589 g/mol. The Labute approximate surface area is 257 Å². The number of hydrogen-bond acceptors (Lipinski definition) is 8. The van der Waals surface area contributed by atoms with Crippen LogP contribution in [0.3, 0.4) is 0 Å². The Bertz CT molecular complexity index is 1850. The van der Waals surface area contributed by atoms with Gasteiger partial charge in [-0.05, 0) is 61.8 Å². The van der Waals surface area contributed by atoms with Gasteiger partial charge in [-0.25, -0.2) is 0 Å². The molecule has 0 atom stereocenters. The van der Waals surface area contributed by atoms with Crippen LogP contribution in [0.2, 0.25) is 0 Å². The maximum absolute atomic E-state index is 12.3. The number of aromatic nitrogens is 5. The van der Waals surface area contributed by atoms with Crippen LogP contribution < -0.4 is 21.3 Å². The van der Waals surface area contributed by atoms with Gasteiger partial charge in [0.15, 0.2) is 5.65 Å². The zero-order valence-corrected chi connectivity index (χ0v) is 25.7. The van der Waals surface area contributed by atoms with Crippen molar-refractivity contribution >= 4 is 39.9 Å². The molecule has 0 saturated carbocycles. The highest BCUT2D eigenvalue weighted by Crippen LogP contribution is 2.31. The number of nitrogens with two attached hydrogens (primary N) is 1. The summed E-state index contributed by atoms with van der Waals surface area (Å²) in [6.07, 6.45) is 7.13. The van der Waals surface area contributed by atoms with Crippen molar-refractivity contribution in [3.8, 4) is 11.3 Å². The van der Waals surface area contributed by atoms with Gasteiger partial charge in [0, 0.05) is 60.1 Å². The van der Waals surface area contributed by atoms with Crippen LogP contribution in [-0.4, -0.2) is 49.6 Å². The van der Waals surface area contributed by atoms with Crippen LogP contribution >= 0.6 is 0 Å². The number of hydrogen-bond donors (Lipinski definition) is 3. The number of piperidine rings is 1. The fourth-order valence-electron chi connectivity index (χ4n) is 5.64. The van der Waals surface area contributed by atoms with Crippen molar-refractivity contribution in [2.24, 2.45) is 5.73 Å². The molecule has 4 N–H and O–H groups in total. The molecule has 3 aromatic heterocycles. The number of amides is 1.